The lowest BCUT2D eigenvalue weighted by molar-refractivity contribution is -0.134. The minimum Gasteiger partial charge on any atom is -0.318 e. The molecule has 2 rings (SSSR count). The number of nitrogens with one attached hydrogen (secondary N) is 1. The van der Waals surface area contributed by atoms with Gasteiger partial charge in [0.25, 0.3) is 0 Å². The number of carbonyl (C=O) groups excluding carboxylic acids is 2. The van der Waals surface area contributed by atoms with Crippen molar-refractivity contribution in [3.05, 3.63) is 60.2 Å². The Morgan fingerprint density at radius 1 is 1.05 bits per heavy atom. The largest absolute Gasteiger partial charge is 0.318 e. The van der Waals surface area contributed by atoms with Crippen molar-refractivity contribution in [2.75, 3.05) is 16.8 Å². The van der Waals surface area contributed by atoms with Crippen molar-refractivity contribution >= 4 is 23.2 Å². The predicted octanol–water partition coefficient (Wildman–Crippen LogP) is 2.99. The number of nitrogens with zero attached hydrogens (tertiary/aromatic N) is 1. The number of para-hydroxylation sites is 1. The highest BCUT2D eigenvalue weighted by molar-refractivity contribution is 6.44. The van der Waals surface area contributed by atoms with Crippen molar-refractivity contribution in [3.8, 4) is 0 Å². The maximum absolute atomic E-state index is 12.3. The molecule has 0 fully saturated rings. The van der Waals surface area contributed by atoms with Crippen molar-refractivity contribution in [2.45, 2.75) is 13.8 Å². The van der Waals surface area contributed by atoms with Crippen LogP contribution < -0.4 is 10.2 Å². The molecule has 0 aromatic heterocycles. The number of aryl methyl sites for hydroxylation is 1. The Morgan fingerprint density at radius 3 is 2.38 bits per heavy atom. The Morgan fingerprint density at radius 2 is 1.76 bits per heavy atom. The van der Waals surface area contributed by atoms with Crippen LogP contribution in [0, 0.1) is 6.92 Å². The van der Waals surface area contributed by atoms with Crippen LogP contribution >= 0.6 is 0 Å². The van der Waals surface area contributed by atoms with Crippen molar-refractivity contribution in [2.24, 2.45) is 0 Å². The summed E-state index contributed by atoms with van der Waals surface area (Å²) in [5, 5.41) is 2.61. The van der Waals surface area contributed by atoms with Crippen LogP contribution in [0.1, 0.15) is 12.5 Å². The molecule has 0 bridgehead atoms. The maximum Gasteiger partial charge on any atom is 0.316 e. The van der Waals surface area contributed by atoms with Gasteiger partial charge in [-0.1, -0.05) is 30.3 Å². The second-order valence-electron chi connectivity index (χ2n) is 4.71. The third-order valence-corrected chi connectivity index (χ3v) is 3.10. The van der Waals surface area contributed by atoms with Crippen LogP contribution in [0.5, 0.6) is 0 Å². The van der Waals surface area contributed by atoms with E-state index in [0.717, 1.165) is 11.3 Å². The van der Waals surface area contributed by atoms with Gasteiger partial charge in [-0.25, -0.2) is 0 Å². The fourth-order valence-electron chi connectivity index (χ4n) is 2.07. The van der Waals surface area contributed by atoms with Gasteiger partial charge < -0.3 is 10.2 Å². The zero-order valence-electron chi connectivity index (χ0n) is 12.2. The molecule has 0 atom stereocenters. The first-order valence-corrected chi connectivity index (χ1v) is 6.86. The molecule has 2 aromatic rings. The number of hydrogen-bond donors (Lipinski definition) is 1. The zero-order chi connectivity index (χ0) is 15.2. The van der Waals surface area contributed by atoms with Crippen LogP contribution in [0.15, 0.2) is 54.6 Å². The lowest BCUT2D eigenvalue weighted by Crippen LogP contribution is -2.39. The first-order valence-electron chi connectivity index (χ1n) is 6.86. The van der Waals surface area contributed by atoms with Crippen molar-refractivity contribution < 1.29 is 9.59 Å². The summed E-state index contributed by atoms with van der Waals surface area (Å²) in [6.45, 7) is 4.23. The van der Waals surface area contributed by atoms with E-state index in [1.165, 1.54) is 4.90 Å². The normalized spacial score (nSPS) is 10.0. The highest BCUT2D eigenvalue weighted by atomic mass is 16.2. The zero-order valence-corrected chi connectivity index (χ0v) is 12.2. The average molecular weight is 282 g/mol. The van der Waals surface area contributed by atoms with Crippen molar-refractivity contribution in [1.82, 2.24) is 0 Å². The van der Waals surface area contributed by atoms with Crippen LogP contribution in [0.4, 0.5) is 11.4 Å². The quantitative estimate of drug-likeness (QED) is 0.880. The third-order valence-electron chi connectivity index (χ3n) is 3.10. The van der Waals surface area contributed by atoms with E-state index in [-0.39, 0.29) is 0 Å². The lowest BCUT2D eigenvalue weighted by atomic mass is 10.2. The molecule has 0 aliphatic carbocycles. The molecule has 0 radical (unpaired) electrons. The number of carbonyl (C=O) groups is 2. The average Bonchev–Trinajstić information content (AvgIpc) is 2.49. The molecule has 2 amide bonds. The van der Waals surface area contributed by atoms with E-state index in [1.807, 2.05) is 44.2 Å². The summed E-state index contributed by atoms with van der Waals surface area (Å²) in [6, 6.07) is 16.5. The van der Waals surface area contributed by atoms with Crippen LogP contribution in [0.25, 0.3) is 0 Å². The Hall–Kier alpha value is -2.62. The molecular weight excluding hydrogens is 264 g/mol. The number of likely N-dealkylation sites (N-methyl/N-ethyl adjacent to an activating group) is 1. The molecule has 4 heteroatoms. The minimum atomic E-state index is -0.635. The second kappa shape index (κ2) is 6.70. The highest BCUT2D eigenvalue weighted by Crippen LogP contribution is 2.16. The van der Waals surface area contributed by atoms with Gasteiger partial charge in [-0.2, -0.15) is 0 Å². The van der Waals surface area contributed by atoms with Gasteiger partial charge in [0.05, 0.1) is 0 Å². The van der Waals surface area contributed by atoms with Gasteiger partial charge in [0.1, 0.15) is 0 Å². The first-order chi connectivity index (χ1) is 10.1. The van der Waals surface area contributed by atoms with E-state index in [0.29, 0.717) is 12.2 Å². The molecule has 4 nitrogen and oxygen atoms in total. The van der Waals surface area contributed by atoms with Crippen molar-refractivity contribution in [1.29, 1.82) is 0 Å². The van der Waals surface area contributed by atoms with Gasteiger partial charge in [-0.05, 0) is 43.7 Å². The maximum atomic E-state index is 12.3. The third kappa shape index (κ3) is 3.69. The molecule has 2 aromatic carbocycles. The molecular formula is C17H18N2O2. The van der Waals surface area contributed by atoms with Crippen LogP contribution in [0.2, 0.25) is 0 Å². The van der Waals surface area contributed by atoms with Gasteiger partial charge in [0.2, 0.25) is 0 Å². The van der Waals surface area contributed by atoms with Crippen LogP contribution in [0.3, 0.4) is 0 Å². The summed E-state index contributed by atoms with van der Waals surface area (Å²) in [6.07, 6.45) is 0. The summed E-state index contributed by atoms with van der Waals surface area (Å²) >= 11 is 0. The second-order valence-corrected chi connectivity index (χ2v) is 4.71. The van der Waals surface area contributed by atoms with Gasteiger partial charge in [-0.3, -0.25) is 9.59 Å². The van der Waals surface area contributed by atoms with Gasteiger partial charge in [-0.15, -0.1) is 0 Å². The molecule has 0 heterocycles. The first kappa shape index (κ1) is 14.8. The predicted molar refractivity (Wildman–Crippen MR) is 84.3 cm³/mol. The molecule has 0 spiro atoms. The van der Waals surface area contributed by atoms with Crippen LogP contribution in [-0.4, -0.2) is 18.4 Å². The molecule has 0 aliphatic heterocycles. The number of anilines is 2. The number of hydrogen-bond acceptors (Lipinski definition) is 2. The van der Waals surface area contributed by atoms with Crippen molar-refractivity contribution in [3.63, 3.8) is 0 Å². The Bertz CT molecular complexity index is 638. The molecule has 108 valence electrons. The SMILES string of the molecule is CCN(C(=O)C(=O)Nc1ccccc1)c1cccc(C)c1. The molecule has 0 unspecified atom stereocenters. The van der Waals surface area contributed by atoms with E-state index in [1.54, 1.807) is 24.3 Å². The number of amides is 2. The van der Waals surface area contributed by atoms with Gasteiger partial charge in [0, 0.05) is 17.9 Å². The summed E-state index contributed by atoms with van der Waals surface area (Å²) in [5.74, 6) is -1.20. The van der Waals surface area contributed by atoms with E-state index in [4.69, 9.17) is 0 Å². The van der Waals surface area contributed by atoms with E-state index in [9.17, 15) is 9.59 Å². The van der Waals surface area contributed by atoms with Crippen LogP contribution in [-0.2, 0) is 9.59 Å². The summed E-state index contributed by atoms with van der Waals surface area (Å²) in [4.78, 5) is 25.8. The smallest absolute Gasteiger partial charge is 0.316 e. The Kier molecular flexibility index (Phi) is 4.72. The Labute approximate surface area is 124 Å². The number of benzene rings is 2. The molecule has 0 aliphatic rings. The van der Waals surface area contributed by atoms with E-state index < -0.39 is 11.8 Å². The summed E-state index contributed by atoms with van der Waals surface area (Å²) in [5.41, 5.74) is 2.38. The lowest BCUT2D eigenvalue weighted by Gasteiger charge is -2.20. The summed E-state index contributed by atoms with van der Waals surface area (Å²) in [7, 11) is 0. The fraction of sp³-hybridized carbons (Fsp3) is 0.176. The topological polar surface area (TPSA) is 49.4 Å². The molecule has 21 heavy (non-hydrogen) atoms. The molecule has 1 N–H and O–H groups in total. The van der Waals surface area contributed by atoms with E-state index in [2.05, 4.69) is 5.32 Å². The number of rotatable bonds is 3. The fourth-order valence-corrected chi connectivity index (χ4v) is 2.07. The van der Waals surface area contributed by atoms with Gasteiger partial charge in [0.15, 0.2) is 0 Å². The minimum absolute atomic E-state index is 0.435. The van der Waals surface area contributed by atoms with E-state index >= 15 is 0 Å². The molecule has 0 saturated carbocycles. The van der Waals surface area contributed by atoms with Gasteiger partial charge >= 0.3 is 11.8 Å². The highest BCUT2D eigenvalue weighted by Gasteiger charge is 2.22. The Balaban J connectivity index is 2.15. The summed E-state index contributed by atoms with van der Waals surface area (Å²) < 4.78 is 0. The standard InChI is InChI=1S/C17H18N2O2/c1-3-19(15-11-7-8-13(2)12-15)17(21)16(20)18-14-9-5-4-6-10-14/h4-12H,3H2,1-2H3,(H,18,20). The monoisotopic (exact) mass is 282 g/mol. The molecule has 0 saturated heterocycles.